The largest absolute Gasteiger partial charge is 0.463 e. The van der Waals surface area contributed by atoms with E-state index in [1.54, 1.807) is 0 Å². The number of carbonyl (C=O) groups is 3. The van der Waals surface area contributed by atoms with Gasteiger partial charge in [0.15, 0.2) is 0 Å². The highest BCUT2D eigenvalue weighted by Crippen LogP contribution is 2.22. The van der Waals surface area contributed by atoms with Crippen molar-refractivity contribution in [3.8, 4) is 0 Å². The molecule has 0 aromatic heterocycles. The van der Waals surface area contributed by atoms with Gasteiger partial charge in [-0.2, -0.15) is 0 Å². The molecule has 8 nitrogen and oxygen atoms in total. The summed E-state index contributed by atoms with van der Waals surface area (Å²) in [4.78, 5) is 37.2. The van der Waals surface area contributed by atoms with E-state index in [0.29, 0.717) is 26.0 Å². The summed E-state index contributed by atoms with van der Waals surface area (Å²) in [6.07, 6.45) is 7.31. The zero-order valence-electron chi connectivity index (χ0n) is 18.6. The van der Waals surface area contributed by atoms with Gasteiger partial charge in [0.1, 0.15) is 6.61 Å². The molecule has 0 saturated heterocycles. The van der Waals surface area contributed by atoms with Gasteiger partial charge in [-0.25, -0.2) is 0 Å². The first-order chi connectivity index (χ1) is 14.2. The Labute approximate surface area is 179 Å². The minimum Gasteiger partial charge on any atom is -0.463 e. The molecule has 3 N–H and O–H groups in total. The van der Waals surface area contributed by atoms with Crippen LogP contribution >= 0.6 is 0 Å². The molecule has 0 radical (unpaired) electrons. The number of aliphatic hydroxyl groups is 1. The molecule has 0 aromatic rings. The van der Waals surface area contributed by atoms with Crippen LogP contribution in [0.2, 0.25) is 0 Å². The average molecular weight is 427 g/mol. The number of cyclic esters (lactones) is 1. The molecule has 1 rings (SSSR count). The van der Waals surface area contributed by atoms with Gasteiger partial charge in [0.2, 0.25) is 11.8 Å². The van der Waals surface area contributed by atoms with Crippen LogP contribution in [0, 0.1) is 11.3 Å². The van der Waals surface area contributed by atoms with Crippen molar-refractivity contribution in [3.05, 3.63) is 12.2 Å². The zero-order valence-corrected chi connectivity index (χ0v) is 18.6. The van der Waals surface area contributed by atoms with Crippen LogP contribution in [-0.2, 0) is 23.9 Å². The summed E-state index contributed by atoms with van der Waals surface area (Å²) in [7, 11) is 0. The Morgan fingerprint density at radius 3 is 2.73 bits per heavy atom. The lowest BCUT2D eigenvalue weighted by atomic mass is 9.86. The number of allylic oxidation sites excluding steroid dienone is 2. The van der Waals surface area contributed by atoms with Crippen LogP contribution in [0.4, 0.5) is 0 Å². The first-order valence-electron chi connectivity index (χ1n) is 10.8. The Morgan fingerprint density at radius 2 is 2.03 bits per heavy atom. The first-order valence-corrected chi connectivity index (χ1v) is 10.8. The zero-order chi connectivity index (χ0) is 22.4. The van der Waals surface area contributed by atoms with Crippen molar-refractivity contribution in [3.63, 3.8) is 0 Å². The highest BCUT2D eigenvalue weighted by molar-refractivity contribution is 5.86. The van der Waals surface area contributed by atoms with Crippen molar-refractivity contribution < 1.29 is 29.0 Å². The Morgan fingerprint density at radius 1 is 1.27 bits per heavy atom. The fraction of sp³-hybridized carbons (Fsp3) is 0.773. The number of carbonyl (C=O) groups excluding carboxylic acids is 3. The molecule has 1 aliphatic heterocycles. The third-order valence-corrected chi connectivity index (χ3v) is 4.97. The number of hydrogen-bond donors (Lipinski definition) is 3. The highest BCUT2D eigenvalue weighted by Gasteiger charge is 2.30. The second kappa shape index (κ2) is 14.1. The average Bonchev–Trinajstić information content (AvgIpc) is 2.67. The number of ether oxygens (including phenoxy) is 2. The fourth-order valence-corrected chi connectivity index (χ4v) is 2.96. The number of amides is 2. The normalized spacial score (nSPS) is 22.0. The van der Waals surface area contributed by atoms with Crippen LogP contribution in [0.5, 0.6) is 0 Å². The molecular weight excluding hydrogens is 388 g/mol. The van der Waals surface area contributed by atoms with Gasteiger partial charge >= 0.3 is 5.97 Å². The first kappa shape index (κ1) is 26.1. The summed E-state index contributed by atoms with van der Waals surface area (Å²) >= 11 is 0. The quantitative estimate of drug-likeness (QED) is 0.324. The van der Waals surface area contributed by atoms with Crippen LogP contribution in [0.25, 0.3) is 0 Å². The summed E-state index contributed by atoms with van der Waals surface area (Å²) in [5.74, 6) is -1.21. The second-order valence-corrected chi connectivity index (χ2v) is 8.65. The third kappa shape index (κ3) is 11.3. The van der Waals surface area contributed by atoms with Gasteiger partial charge in [-0.1, -0.05) is 32.9 Å². The molecule has 1 aliphatic rings. The van der Waals surface area contributed by atoms with E-state index in [2.05, 4.69) is 10.6 Å². The predicted molar refractivity (Wildman–Crippen MR) is 114 cm³/mol. The van der Waals surface area contributed by atoms with Gasteiger partial charge in [0.25, 0.3) is 0 Å². The second-order valence-electron chi connectivity index (χ2n) is 8.65. The van der Waals surface area contributed by atoms with Crippen molar-refractivity contribution in [2.75, 3.05) is 33.0 Å². The van der Waals surface area contributed by atoms with Crippen LogP contribution in [0.15, 0.2) is 12.2 Å². The molecule has 0 spiro atoms. The molecule has 2 amide bonds. The van der Waals surface area contributed by atoms with Gasteiger partial charge in [0, 0.05) is 19.4 Å². The number of nitrogens with one attached hydrogen (secondary N) is 2. The lowest BCUT2D eigenvalue weighted by Crippen LogP contribution is -2.49. The summed E-state index contributed by atoms with van der Waals surface area (Å²) in [6.45, 7) is 6.83. The van der Waals surface area contributed by atoms with Crippen molar-refractivity contribution in [2.24, 2.45) is 11.3 Å². The van der Waals surface area contributed by atoms with Crippen molar-refractivity contribution in [1.29, 1.82) is 0 Å². The molecule has 30 heavy (non-hydrogen) atoms. The minimum atomic E-state index is -0.511. The Hall–Kier alpha value is -1.93. The molecule has 172 valence electrons. The molecule has 0 bridgehead atoms. The Balaban J connectivity index is 2.77. The molecule has 0 aliphatic carbocycles. The summed E-state index contributed by atoms with van der Waals surface area (Å²) in [6, 6.07) is -0.349. The molecular formula is C22H38N2O6. The molecule has 2 atom stereocenters. The lowest BCUT2D eigenvalue weighted by molar-refractivity contribution is -0.146. The SMILES string of the molecule is CC(C)(C)[C@H]1COC(=O)CCCCC=CC[C@H](CC(=O)NCCOCCO)C(=O)N1. The molecule has 0 unspecified atom stereocenters. The number of hydrogen-bond acceptors (Lipinski definition) is 6. The van der Waals surface area contributed by atoms with Crippen LogP contribution < -0.4 is 10.6 Å². The summed E-state index contributed by atoms with van der Waals surface area (Å²) in [5, 5.41) is 14.4. The van der Waals surface area contributed by atoms with Crippen molar-refractivity contribution in [1.82, 2.24) is 10.6 Å². The van der Waals surface area contributed by atoms with Crippen LogP contribution in [0.3, 0.4) is 0 Å². The predicted octanol–water partition coefficient (Wildman–Crippen LogP) is 1.71. The highest BCUT2D eigenvalue weighted by atomic mass is 16.5. The van der Waals surface area contributed by atoms with E-state index in [-0.39, 0.29) is 55.5 Å². The molecule has 1 heterocycles. The van der Waals surface area contributed by atoms with Gasteiger partial charge < -0.3 is 25.2 Å². The lowest BCUT2D eigenvalue weighted by Gasteiger charge is -2.32. The van der Waals surface area contributed by atoms with Crippen molar-refractivity contribution in [2.45, 2.75) is 65.3 Å². The maximum atomic E-state index is 13.0. The van der Waals surface area contributed by atoms with E-state index in [1.807, 2.05) is 32.9 Å². The van der Waals surface area contributed by atoms with E-state index >= 15 is 0 Å². The summed E-state index contributed by atoms with van der Waals surface area (Å²) < 4.78 is 10.5. The van der Waals surface area contributed by atoms with E-state index in [0.717, 1.165) is 19.3 Å². The molecule has 8 heteroatoms. The van der Waals surface area contributed by atoms with Crippen LogP contribution in [-0.4, -0.2) is 61.9 Å². The molecule has 0 saturated carbocycles. The minimum absolute atomic E-state index is 0.0623. The van der Waals surface area contributed by atoms with Gasteiger partial charge in [0.05, 0.1) is 31.8 Å². The van der Waals surface area contributed by atoms with Crippen molar-refractivity contribution >= 4 is 17.8 Å². The molecule has 0 fully saturated rings. The monoisotopic (exact) mass is 426 g/mol. The Kier molecular flexibility index (Phi) is 12.3. The summed E-state index contributed by atoms with van der Waals surface area (Å²) in [5.41, 5.74) is -0.306. The number of rotatable bonds is 7. The fourth-order valence-electron chi connectivity index (χ4n) is 2.96. The van der Waals surface area contributed by atoms with E-state index in [9.17, 15) is 14.4 Å². The topological polar surface area (TPSA) is 114 Å². The maximum absolute atomic E-state index is 13.0. The Bertz CT molecular complexity index is 570. The maximum Gasteiger partial charge on any atom is 0.305 e. The number of aliphatic hydroxyl groups excluding tert-OH is 1. The van der Waals surface area contributed by atoms with Gasteiger partial charge in [-0.3, -0.25) is 14.4 Å². The van der Waals surface area contributed by atoms with E-state index < -0.39 is 5.92 Å². The standard InChI is InChI=1S/C22H38N2O6/c1-22(2,3)18-16-30-20(27)10-8-6-4-5-7-9-17(21(28)24-18)15-19(26)23-11-13-29-14-12-25/h5,7,17-18,25H,4,6,8-16H2,1-3H3,(H,23,26)(H,24,28)/t17-,18-/m1/s1. The smallest absolute Gasteiger partial charge is 0.305 e. The molecule has 0 aromatic carbocycles. The van der Waals surface area contributed by atoms with Gasteiger partial charge in [-0.05, 0) is 31.1 Å². The van der Waals surface area contributed by atoms with Gasteiger partial charge in [-0.15, -0.1) is 0 Å². The van der Waals surface area contributed by atoms with E-state index in [4.69, 9.17) is 14.6 Å². The van der Waals surface area contributed by atoms with Crippen LogP contribution in [0.1, 0.15) is 59.3 Å². The third-order valence-electron chi connectivity index (χ3n) is 4.97. The van der Waals surface area contributed by atoms with E-state index in [1.165, 1.54) is 0 Å². The number of esters is 1.